The molecule has 0 aromatic carbocycles. The average molecular weight is 386 g/mol. The molecular weight excluding hydrogens is 354 g/mol. The molecule has 0 amide bonds. The predicted octanol–water partition coefficient (Wildman–Crippen LogP) is 4.52. The van der Waals surface area contributed by atoms with Crippen LogP contribution in [0.4, 0.5) is 8.78 Å². The minimum absolute atomic E-state index is 0.145. The van der Waals surface area contributed by atoms with Crippen molar-refractivity contribution in [1.29, 1.82) is 0 Å². The zero-order valence-corrected chi connectivity index (χ0v) is 16.3. The summed E-state index contributed by atoms with van der Waals surface area (Å²) in [6.07, 6.45) is 5.01. The molecule has 0 N–H and O–H groups in total. The molecule has 8 atom stereocenters. The number of halogens is 2. The van der Waals surface area contributed by atoms with Crippen molar-refractivity contribution in [3.8, 4) is 0 Å². The lowest BCUT2D eigenvalue weighted by Crippen LogP contribution is -2.33. The Kier molecular flexibility index (Phi) is 7.26. The van der Waals surface area contributed by atoms with Crippen molar-refractivity contribution >= 4 is 5.97 Å². The van der Waals surface area contributed by atoms with Crippen LogP contribution in [0.5, 0.6) is 0 Å². The summed E-state index contributed by atoms with van der Waals surface area (Å²) in [5, 5.41) is 0. The monoisotopic (exact) mass is 386 g/mol. The Morgan fingerprint density at radius 3 is 2.89 bits per heavy atom. The molecule has 2 heterocycles. The van der Waals surface area contributed by atoms with Crippen molar-refractivity contribution in [3.63, 3.8) is 0 Å². The number of esters is 1. The van der Waals surface area contributed by atoms with Crippen LogP contribution in [0.1, 0.15) is 58.8 Å². The van der Waals surface area contributed by atoms with Crippen LogP contribution in [0.3, 0.4) is 0 Å². The van der Waals surface area contributed by atoms with Crippen LogP contribution in [0, 0.1) is 17.8 Å². The van der Waals surface area contributed by atoms with E-state index in [0.29, 0.717) is 19.4 Å². The van der Waals surface area contributed by atoms with Gasteiger partial charge in [-0.3, -0.25) is 0 Å². The lowest BCUT2D eigenvalue weighted by Gasteiger charge is -2.28. The van der Waals surface area contributed by atoms with Gasteiger partial charge in [-0.25, -0.2) is 13.6 Å². The highest BCUT2D eigenvalue weighted by atomic mass is 19.1. The fraction of sp³-hybridized carbons (Fsp3) is 0.857. The number of hydrogen-bond acceptors (Lipinski definition) is 4. The second-order valence-electron chi connectivity index (χ2n) is 8.18. The van der Waals surface area contributed by atoms with E-state index in [-0.39, 0.29) is 24.2 Å². The van der Waals surface area contributed by atoms with E-state index < -0.39 is 30.3 Å². The summed E-state index contributed by atoms with van der Waals surface area (Å²) in [6, 6.07) is 0. The van der Waals surface area contributed by atoms with Crippen LogP contribution in [0.2, 0.25) is 0 Å². The molecule has 3 fully saturated rings. The lowest BCUT2D eigenvalue weighted by molar-refractivity contribution is -0.189. The molecule has 4 nitrogen and oxygen atoms in total. The molecule has 6 heteroatoms. The summed E-state index contributed by atoms with van der Waals surface area (Å²) < 4.78 is 45.8. The SMILES string of the molecule is CCCCC(F)C(C=C[C@H]1[C@H]2[C@@H](C[C@@H]1C)OC(=O)[C@@H]2F)OC1CCCCO1. The van der Waals surface area contributed by atoms with Gasteiger partial charge < -0.3 is 14.2 Å². The number of carbonyl (C=O) groups excluding carboxylic acids is 1. The van der Waals surface area contributed by atoms with E-state index >= 15 is 0 Å². The number of hydrogen-bond donors (Lipinski definition) is 0. The molecule has 0 aromatic rings. The van der Waals surface area contributed by atoms with E-state index in [4.69, 9.17) is 14.2 Å². The highest BCUT2D eigenvalue weighted by Crippen LogP contribution is 2.46. The lowest BCUT2D eigenvalue weighted by atomic mass is 9.86. The zero-order chi connectivity index (χ0) is 19.4. The van der Waals surface area contributed by atoms with Crippen molar-refractivity contribution in [2.45, 2.75) is 89.6 Å². The molecule has 0 radical (unpaired) electrons. The molecule has 154 valence electrons. The fourth-order valence-corrected chi connectivity index (χ4v) is 4.55. The highest BCUT2D eigenvalue weighted by molar-refractivity contribution is 5.77. The first-order valence-corrected chi connectivity index (χ1v) is 10.4. The largest absolute Gasteiger partial charge is 0.460 e. The quantitative estimate of drug-likeness (QED) is 0.455. The van der Waals surface area contributed by atoms with Gasteiger partial charge in [-0.1, -0.05) is 38.8 Å². The number of rotatable bonds is 8. The maximum Gasteiger partial charge on any atom is 0.341 e. The van der Waals surface area contributed by atoms with Crippen LogP contribution < -0.4 is 0 Å². The Morgan fingerprint density at radius 2 is 2.19 bits per heavy atom. The maximum atomic E-state index is 14.8. The molecule has 3 rings (SSSR count). The van der Waals surface area contributed by atoms with Gasteiger partial charge in [0.05, 0.1) is 0 Å². The smallest absolute Gasteiger partial charge is 0.341 e. The van der Waals surface area contributed by atoms with Gasteiger partial charge in [-0.2, -0.15) is 0 Å². The van der Waals surface area contributed by atoms with Gasteiger partial charge in [-0.15, -0.1) is 0 Å². The van der Waals surface area contributed by atoms with E-state index in [1.807, 2.05) is 19.9 Å². The third-order valence-corrected chi connectivity index (χ3v) is 6.13. The minimum atomic E-state index is -1.59. The maximum absolute atomic E-state index is 14.8. The Hall–Kier alpha value is -1.01. The summed E-state index contributed by atoms with van der Waals surface area (Å²) >= 11 is 0. The molecule has 2 aliphatic heterocycles. The van der Waals surface area contributed by atoms with Gasteiger partial charge >= 0.3 is 5.97 Å². The van der Waals surface area contributed by atoms with Crippen LogP contribution in [0.25, 0.3) is 0 Å². The number of fused-ring (bicyclic) bond motifs is 1. The molecular formula is C21H32F2O4. The van der Waals surface area contributed by atoms with E-state index in [1.165, 1.54) is 0 Å². The van der Waals surface area contributed by atoms with Crippen molar-refractivity contribution in [2.75, 3.05) is 6.61 Å². The number of allylic oxidation sites excluding steroid dienone is 1. The first-order valence-electron chi connectivity index (χ1n) is 10.4. The molecule has 3 aliphatic rings. The van der Waals surface area contributed by atoms with Crippen molar-refractivity contribution in [3.05, 3.63) is 12.2 Å². The van der Waals surface area contributed by atoms with E-state index in [1.54, 1.807) is 6.08 Å². The molecule has 2 saturated heterocycles. The third kappa shape index (κ3) is 4.89. The van der Waals surface area contributed by atoms with Crippen LogP contribution in [-0.2, 0) is 19.0 Å². The predicted molar refractivity (Wildman–Crippen MR) is 97.6 cm³/mol. The topological polar surface area (TPSA) is 44.8 Å². The Bertz CT molecular complexity index is 520. The number of carbonyl (C=O) groups is 1. The number of unbranched alkanes of at least 4 members (excludes halogenated alkanes) is 1. The Labute approximate surface area is 160 Å². The molecule has 1 aliphatic carbocycles. The van der Waals surface area contributed by atoms with Crippen LogP contribution >= 0.6 is 0 Å². The molecule has 0 bridgehead atoms. The van der Waals surface area contributed by atoms with E-state index in [9.17, 15) is 13.6 Å². The summed E-state index contributed by atoms with van der Waals surface area (Å²) in [6.45, 7) is 4.69. The molecule has 1 saturated carbocycles. The minimum Gasteiger partial charge on any atom is -0.460 e. The third-order valence-electron chi connectivity index (χ3n) is 6.13. The van der Waals surface area contributed by atoms with E-state index in [2.05, 4.69) is 0 Å². The molecule has 27 heavy (non-hydrogen) atoms. The van der Waals surface area contributed by atoms with Gasteiger partial charge in [0, 0.05) is 12.5 Å². The van der Waals surface area contributed by atoms with Crippen molar-refractivity contribution in [2.24, 2.45) is 17.8 Å². The van der Waals surface area contributed by atoms with Gasteiger partial charge in [0.25, 0.3) is 0 Å². The molecule has 3 unspecified atom stereocenters. The number of ether oxygens (including phenoxy) is 3. The fourth-order valence-electron chi connectivity index (χ4n) is 4.55. The first-order chi connectivity index (χ1) is 13.0. The molecule has 0 spiro atoms. The second kappa shape index (κ2) is 9.46. The van der Waals surface area contributed by atoms with Crippen molar-refractivity contribution in [1.82, 2.24) is 0 Å². The first kappa shape index (κ1) is 20.7. The summed E-state index contributed by atoms with van der Waals surface area (Å²) in [5.41, 5.74) is 0. The van der Waals surface area contributed by atoms with Crippen LogP contribution in [0.15, 0.2) is 12.2 Å². The standard InChI is InChI=1S/C21H32F2O4/c1-3-4-7-15(22)16(26-18-8-5-6-11-25-18)10-9-14-13(2)12-17-19(14)20(23)21(24)27-17/h9-10,13-20H,3-8,11-12H2,1-2H3/t13-,14+,15?,16?,17+,18?,19-,20+/m0/s1. The van der Waals surface area contributed by atoms with E-state index in [0.717, 1.165) is 32.1 Å². The normalized spacial score (nSPS) is 38.7. The average Bonchev–Trinajstić information content (AvgIpc) is 3.11. The highest BCUT2D eigenvalue weighted by Gasteiger charge is 2.54. The molecule has 0 aromatic heterocycles. The van der Waals surface area contributed by atoms with Gasteiger partial charge in [0.1, 0.15) is 18.4 Å². The zero-order valence-electron chi connectivity index (χ0n) is 16.3. The number of alkyl halides is 2. The second-order valence-corrected chi connectivity index (χ2v) is 8.18. The Balaban J connectivity index is 1.68. The van der Waals surface area contributed by atoms with Gasteiger partial charge in [0.2, 0.25) is 6.17 Å². The van der Waals surface area contributed by atoms with Crippen molar-refractivity contribution < 1.29 is 27.8 Å². The summed E-state index contributed by atoms with van der Waals surface area (Å²) in [5.74, 6) is -1.19. The van der Waals surface area contributed by atoms with Crippen LogP contribution in [-0.4, -0.2) is 43.4 Å². The summed E-state index contributed by atoms with van der Waals surface area (Å²) in [7, 11) is 0. The summed E-state index contributed by atoms with van der Waals surface area (Å²) in [4.78, 5) is 11.5. The van der Waals surface area contributed by atoms with Gasteiger partial charge in [-0.05, 0) is 43.9 Å². The van der Waals surface area contributed by atoms with Gasteiger partial charge in [0.15, 0.2) is 6.29 Å². The Morgan fingerprint density at radius 1 is 1.37 bits per heavy atom.